The van der Waals surface area contributed by atoms with E-state index >= 15 is 0 Å². The molecule has 5 heteroatoms. The number of H-pyrrole nitrogens is 1. The van der Waals surface area contributed by atoms with E-state index in [2.05, 4.69) is 9.36 Å². The highest BCUT2D eigenvalue weighted by molar-refractivity contribution is 7.03. The van der Waals surface area contributed by atoms with Crippen molar-refractivity contribution in [3.05, 3.63) is 28.9 Å². The molecule has 0 radical (unpaired) electrons. The van der Waals surface area contributed by atoms with E-state index in [9.17, 15) is 4.79 Å². The summed E-state index contributed by atoms with van der Waals surface area (Å²) in [6, 6.07) is 1.81. The molecule has 4 nitrogen and oxygen atoms in total. The highest BCUT2D eigenvalue weighted by Crippen LogP contribution is 2.22. The van der Waals surface area contributed by atoms with Gasteiger partial charge >= 0.3 is 5.97 Å². The number of hydrogen-bond donors (Lipinski definition) is 2. The second-order valence-corrected chi connectivity index (χ2v) is 3.62. The van der Waals surface area contributed by atoms with Crippen LogP contribution in [0.1, 0.15) is 16.1 Å². The fraction of sp³-hybridized carbons (Fsp3) is 0.111. The van der Waals surface area contributed by atoms with Gasteiger partial charge in [-0.25, -0.2) is 9.17 Å². The third-order valence-corrected chi connectivity index (χ3v) is 2.56. The Kier molecular flexibility index (Phi) is 2.09. The lowest BCUT2D eigenvalue weighted by molar-refractivity contribution is 0.0690. The van der Waals surface area contributed by atoms with E-state index in [1.54, 1.807) is 13.1 Å². The molecule has 14 heavy (non-hydrogen) atoms. The first kappa shape index (κ1) is 8.96. The van der Waals surface area contributed by atoms with Crippen molar-refractivity contribution in [3.63, 3.8) is 0 Å². The lowest BCUT2D eigenvalue weighted by Gasteiger charge is -1.90. The third-order valence-electron chi connectivity index (χ3n) is 1.97. The number of aromatic amines is 1. The number of hydrogen-bond acceptors (Lipinski definition) is 3. The standard InChI is InChI=1S/C9H8N2O2S/c1-5-2-7(6-3-10-14-4-6)11-8(5)9(12)13/h2-4,11H,1H3,(H,12,13). The monoisotopic (exact) mass is 208 g/mol. The molecule has 2 aromatic heterocycles. The molecule has 2 heterocycles. The molecule has 0 saturated carbocycles. The first-order chi connectivity index (χ1) is 6.68. The van der Waals surface area contributed by atoms with Gasteiger partial charge < -0.3 is 10.1 Å². The van der Waals surface area contributed by atoms with Crippen LogP contribution < -0.4 is 0 Å². The van der Waals surface area contributed by atoms with Gasteiger partial charge in [-0.3, -0.25) is 0 Å². The molecule has 0 aliphatic carbocycles. The Hall–Kier alpha value is -1.62. The molecule has 0 amide bonds. The van der Waals surface area contributed by atoms with Crippen molar-refractivity contribution < 1.29 is 9.90 Å². The third kappa shape index (κ3) is 1.42. The SMILES string of the molecule is Cc1cc(-c2cnsc2)[nH]c1C(=O)O. The Bertz CT molecular complexity index is 459. The maximum Gasteiger partial charge on any atom is 0.352 e. The van der Waals surface area contributed by atoms with Gasteiger partial charge in [0.05, 0.1) is 0 Å². The van der Waals surface area contributed by atoms with Crippen LogP contribution in [0.5, 0.6) is 0 Å². The van der Waals surface area contributed by atoms with E-state index in [1.165, 1.54) is 11.5 Å². The summed E-state index contributed by atoms with van der Waals surface area (Å²) in [6.07, 6.45) is 1.71. The molecule has 0 bridgehead atoms. The quantitative estimate of drug-likeness (QED) is 0.794. The molecule has 2 aromatic rings. The van der Waals surface area contributed by atoms with Crippen LogP contribution in [-0.2, 0) is 0 Å². The van der Waals surface area contributed by atoms with Crippen molar-refractivity contribution in [2.45, 2.75) is 6.92 Å². The Balaban J connectivity index is 2.48. The summed E-state index contributed by atoms with van der Waals surface area (Å²) in [5, 5.41) is 10.7. The van der Waals surface area contributed by atoms with Crippen LogP contribution in [0.4, 0.5) is 0 Å². The maximum absolute atomic E-state index is 10.8. The van der Waals surface area contributed by atoms with Crippen molar-refractivity contribution in [2.75, 3.05) is 0 Å². The second-order valence-electron chi connectivity index (χ2n) is 2.96. The van der Waals surface area contributed by atoms with Crippen molar-refractivity contribution in [1.29, 1.82) is 0 Å². The Morgan fingerprint density at radius 2 is 2.43 bits per heavy atom. The first-order valence-corrected chi connectivity index (χ1v) is 4.85. The van der Waals surface area contributed by atoms with E-state index in [0.717, 1.165) is 16.8 Å². The molecule has 0 unspecified atom stereocenters. The molecule has 0 spiro atoms. The van der Waals surface area contributed by atoms with Crippen LogP contribution in [-0.4, -0.2) is 20.4 Å². The van der Waals surface area contributed by atoms with Gasteiger partial charge in [-0.05, 0) is 30.1 Å². The molecule has 0 aromatic carbocycles. The smallest absolute Gasteiger partial charge is 0.352 e. The zero-order valence-corrected chi connectivity index (χ0v) is 8.26. The number of carboxylic acid groups (broad SMARTS) is 1. The average molecular weight is 208 g/mol. The fourth-order valence-corrected chi connectivity index (χ4v) is 1.81. The summed E-state index contributed by atoms with van der Waals surface area (Å²) in [4.78, 5) is 13.6. The lowest BCUT2D eigenvalue weighted by Crippen LogP contribution is -1.98. The van der Waals surface area contributed by atoms with Gasteiger partial charge in [0, 0.05) is 22.8 Å². The van der Waals surface area contributed by atoms with E-state index in [4.69, 9.17) is 5.11 Å². The van der Waals surface area contributed by atoms with Crippen molar-refractivity contribution in [3.8, 4) is 11.3 Å². The lowest BCUT2D eigenvalue weighted by atomic mass is 10.2. The van der Waals surface area contributed by atoms with Gasteiger partial charge in [0.2, 0.25) is 0 Å². The van der Waals surface area contributed by atoms with Crippen molar-refractivity contribution >= 4 is 17.5 Å². The van der Waals surface area contributed by atoms with Crippen LogP contribution >= 0.6 is 11.5 Å². The van der Waals surface area contributed by atoms with Crippen LogP contribution in [0.3, 0.4) is 0 Å². The largest absolute Gasteiger partial charge is 0.477 e. The molecule has 72 valence electrons. The number of rotatable bonds is 2. The average Bonchev–Trinajstić information content (AvgIpc) is 2.70. The van der Waals surface area contributed by atoms with Gasteiger partial charge in [0.1, 0.15) is 5.69 Å². The zero-order chi connectivity index (χ0) is 10.1. The normalized spacial score (nSPS) is 10.4. The molecule has 0 fully saturated rings. The number of aryl methyl sites for hydroxylation is 1. The molecule has 0 aliphatic rings. The minimum Gasteiger partial charge on any atom is -0.477 e. The summed E-state index contributed by atoms with van der Waals surface area (Å²) in [5.41, 5.74) is 2.70. The summed E-state index contributed by atoms with van der Waals surface area (Å²) in [7, 11) is 0. The molecule has 2 rings (SSSR count). The van der Waals surface area contributed by atoms with E-state index in [-0.39, 0.29) is 5.69 Å². The molecule has 0 saturated heterocycles. The van der Waals surface area contributed by atoms with Gasteiger partial charge in [0.25, 0.3) is 0 Å². The predicted molar refractivity (Wildman–Crippen MR) is 53.6 cm³/mol. The first-order valence-electron chi connectivity index (χ1n) is 4.01. The predicted octanol–water partition coefficient (Wildman–Crippen LogP) is 2.14. The van der Waals surface area contributed by atoms with Crippen LogP contribution in [0.25, 0.3) is 11.3 Å². The van der Waals surface area contributed by atoms with Gasteiger partial charge in [-0.1, -0.05) is 0 Å². The molecule has 0 aliphatic heterocycles. The second kappa shape index (κ2) is 3.26. The molecule has 2 N–H and O–H groups in total. The Morgan fingerprint density at radius 1 is 1.64 bits per heavy atom. The number of nitrogens with zero attached hydrogens (tertiary/aromatic N) is 1. The minimum absolute atomic E-state index is 0.242. The summed E-state index contributed by atoms with van der Waals surface area (Å²) in [5.74, 6) is -0.933. The highest BCUT2D eigenvalue weighted by Gasteiger charge is 2.12. The zero-order valence-electron chi connectivity index (χ0n) is 7.44. The minimum atomic E-state index is -0.933. The number of carboxylic acids is 1. The van der Waals surface area contributed by atoms with Gasteiger partial charge in [-0.15, -0.1) is 0 Å². The van der Waals surface area contributed by atoms with Gasteiger partial charge in [-0.2, -0.15) is 0 Å². The van der Waals surface area contributed by atoms with Crippen molar-refractivity contribution in [2.24, 2.45) is 0 Å². The van der Waals surface area contributed by atoms with E-state index < -0.39 is 5.97 Å². The maximum atomic E-state index is 10.8. The summed E-state index contributed by atoms with van der Waals surface area (Å²) >= 11 is 1.34. The Morgan fingerprint density at radius 3 is 2.93 bits per heavy atom. The van der Waals surface area contributed by atoms with Crippen LogP contribution in [0, 0.1) is 6.92 Å². The number of aromatic carboxylic acids is 1. The fourth-order valence-electron chi connectivity index (χ4n) is 1.27. The Labute approximate surface area is 84.4 Å². The highest BCUT2D eigenvalue weighted by atomic mass is 32.1. The van der Waals surface area contributed by atoms with Crippen molar-refractivity contribution in [1.82, 2.24) is 9.36 Å². The molecular weight excluding hydrogens is 200 g/mol. The van der Waals surface area contributed by atoms with E-state index in [0.29, 0.717) is 0 Å². The summed E-state index contributed by atoms with van der Waals surface area (Å²) in [6.45, 7) is 1.77. The molecule has 0 atom stereocenters. The van der Waals surface area contributed by atoms with Gasteiger partial charge in [0.15, 0.2) is 0 Å². The summed E-state index contributed by atoms with van der Waals surface area (Å²) < 4.78 is 3.96. The number of carbonyl (C=O) groups is 1. The topological polar surface area (TPSA) is 66.0 Å². The van der Waals surface area contributed by atoms with Crippen LogP contribution in [0.15, 0.2) is 17.6 Å². The van der Waals surface area contributed by atoms with E-state index in [1.807, 2.05) is 11.4 Å². The number of aromatic nitrogens is 2. The van der Waals surface area contributed by atoms with Crippen LogP contribution in [0.2, 0.25) is 0 Å². The molecular formula is C9H8N2O2S. The number of nitrogens with one attached hydrogen (secondary N) is 1.